The Kier molecular flexibility index (Phi) is 4.86. The van der Waals surface area contributed by atoms with Crippen molar-refractivity contribution in [3.63, 3.8) is 0 Å². The molecule has 0 bridgehead atoms. The molecule has 1 aliphatic rings. The van der Waals surface area contributed by atoms with Crippen LogP contribution >= 0.6 is 0 Å². The molecule has 21 heavy (non-hydrogen) atoms. The third kappa shape index (κ3) is 3.56. The number of halogens is 1. The minimum absolute atomic E-state index is 0.00556. The largest absolute Gasteiger partial charge is 0.336 e. The van der Waals surface area contributed by atoms with Crippen LogP contribution in [0, 0.1) is 5.82 Å². The summed E-state index contributed by atoms with van der Waals surface area (Å²) in [6, 6.07) is 4.23. The van der Waals surface area contributed by atoms with E-state index < -0.39 is 23.8 Å². The minimum atomic E-state index is -0.767. The number of nitrogens with zero attached hydrogens (tertiary/aromatic N) is 1. The normalized spacial score (nSPS) is 18.8. The molecule has 0 saturated carbocycles. The standard InChI is InChI=1S/C14H15FN3O3/c15-10-5-1-2-6-11(10)17-14(21)18-8-4-3-7-12(13(18)20)16-9-19/h1-2,5-6,12H,3-4,7-8H2,(H,16,19)(H,17,21)/t12-/m0/s1. The molecule has 1 heterocycles. The Morgan fingerprint density at radius 2 is 2.10 bits per heavy atom. The Morgan fingerprint density at radius 3 is 2.81 bits per heavy atom. The maximum atomic E-state index is 13.5. The van der Waals surface area contributed by atoms with E-state index in [2.05, 4.69) is 10.6 Å². The van der Waals surface area contributed by atoms with Gasteiger partial charge in [-0.3, -0.25) is 14.5 Å². The molecule has 0 unspecified atom stereocenters. The fourth-order valence-electron chi connectivity index (χ4n) is 2.19. The molecule has 7 heteroatoms. The number of benzene rings is 1. The molecule has 1 aromatic carbocycles. The topological polar surface area (TPSA) is 78.5 Å². The van der Waals surface area contributed by atoms with Crippen LogP contribution in [-0.4, -0.2) is 35.8 Å². The summed E-state index contributed by atoms with van der Waals surface area (Å²) in [4.78, 5) is 35.7. The second kappa shape index (κ2) is 6.83. The van der Waals surface area contributed by atoms with Crippen LogP contribution in [-0.2, 0) is 9.59 Å². The van der Waals surface area contributed by atoms with Gasteiger partial charge in [-0.25, -0.2) is 9.18 Å². The summed E-state index contributed by atoms with van der Waals surface area (Å²) in [5.74, 6) is -1.09. The van der Waals surface area contributed by atoms with Crippen molar-refractivity contribution in [2.45, 2.75) is 25.3 Å². The zero-order chi connectivity index (χ0) is 15.2. The van der Waals surface area contributed by atoms with Crippen LogP contribution in [0.3, 0.4) is 0 Å². The summed E-state index contributed by atoms with van der Waals surface area (Å²) in [7, 11) is 0. The van der Waals surface area contributed by atoms with Gasteiger partial charge in [-0.15, -0.1) is 0 Å². The fourth-order valence-corrected chi connectivity index (χ4v) is 2.19. The van der Waals surface area contributed by atoms with Gasteiger partial charge in [0.2, 0.25) is 0 Å². The Morgan fingerprint density at radius 1 is 1.33 bits per heavy atom. The highest BCUT2D eigenvalue weighted by Crippen LogP contribution is 2.16. The molecule has 111 valence electrons. The molecule has 4 amide bonds. The Bertz CT molecular complexity index is 550. The number of anilines is 1. The summed E-state index contributed by atoms with van der Waals surface area (Å²) >= 11 is 0. The van der Waals surface area contributed by atoms with Crippen molar-refractivity contribution in [1.82, 2.24) is 10.2 Å². The van der Waals surface area contributed by atoms with Gasteiger partial charge in [0.05, 0.1) is 5.69 Å². The SMILES string of the molecule is O=[C]N[C@H]1CCCCN(C(=O)Nc2ccccc2F)C1=O. The summed E-state index contributed by atoms with van der Waals surface area (Å²) in [5.41, 5.74) is 0.00556. The molecular weight excluding hydrogens is 277 g/mol. The first kappa shape index (κ1) is 15.0. The second-order valence-corrected chi connectivity index (χ2v) is 4.69. The lowest BCUT2D eigenvalue weighted by Gasteiger charge is -2.22. The Labute approximate surface area is 121 Å². The van der Waals surface area contributed by atoms with Gasteiger partial charge in [-0.05, 0) is 31.4 Å². The van der Waals surface area contributed by atoms with Gasteiger partial charge in [0.15, 0.2) is 0 Å². The van der Waals surface area contributed by atoms with Crippen LogP contribution in [0.15, 0.2) is 24.3 Å². The zero-order valence-electron chi connectivity index (χ0n) is 11.3. The van der Waals surface area contributed by atoms with Gasteiger partial charge in [-0.1, -0.05) is 12.1 Å². The average Bonchev–Trinajstić information content (AvgIpc) is 2.65. The van der Waals surface area contributed by atoms with Crippen LogP contribution in [0.25, 0.3) is 0 Å². The third-order valence-electron chi connectivity index (χ3n) is 3.28. The number of carbonyl (C=O) groups is 2. The molecular formula is C14H15FN3O3. The lowest BCUT2D eigenvalue weighted by Crippen LogP contribution is -2.48. The molecule has 0 aliphatic carbocycles. The van der Waals surface area contributed by atoms with E-state index in [9.17, 15) is 18.8 Å². The van der Waals surface area contributed by atoms with Crippen molar-refractivity contribution >= 4 is 24.0 Å². The number of urea groups is 1. The first-order valence-electron chi connectivity index (χ1n) is 6.63. The molecule has 1 fully saturated rings. The second-order valence-electron chi connectivity index (χ2n) is 4.69. The molecule has 6 nitrogen and oxygen atoms in total. The highest BCUT2D eigenvalue weighted by molar-refractivity contribution is 6.03. The van der Waals surface area contributed by atoms with Gasteiger partial charge < -0.3 is 10.6 Å². The smallest absolute Gasteiger partial charge is 0.328 e. The number of carbonyl (C=O) groups excluding carboxylic acids is 3. The lowest BCUT2D eigenvalue weighted by atomic mass is 10.1. The van der Waals surface area contributed by atoms with Crippen LogP contribution in [0.4, 0.5) is 14.9 Å². The number of para-hydroxylation sites is 1. The molecule has 0 spiro atoms. The summed E-state index contributed by atoms with van der Waals surface area (Å²) in [5, 5.41) is 4.65. The third-order valence-corrected chi connectivity index (χ3v) is 3.28. The summed E-state index contributed by atoms with van der Waals surface area (Å²) in [6.07, 6.45) is 3.27. The first-order valence-corrected chi connectivity index (χ1v) is 6.63. The molecule has 1 atom stereocenters. The van der Waals surface area contributed by atoms with E-state index in [1.165, 1.54) is 24.6 Å². The summed E-state index contributed by atoms with van der Waals surface area (Å²) in [6.45, 7) is 0.232. The maximum absolute atomic E-state index is 13.5. The van der Waals surface area contributed by atoms with Crippen LogP contribution in [0.2, 0.25) is 0 Å². The molecule has 2 N–H and O–H groups in total. The van der Waals surface area contributed by atoms with Gasteiger partial charge in [0, 0.05) is 6.54 Å². The van der Waals surface area contributed by atoms with Crippen molar-refractivity contribution < 1.29 is 18.8 Å². The van der Waals surface area contributed by atoms with Crippen LogP contribution in [0.1, 0.15) is 19.3 Å². The number of hydrogen-bond donors (Lipinski definition) is 2. The van der Waals surface area contributed by atoms with Gasteiger partial charge in [-0.2, -0.15) is 0 Å². The molecule has 1 radical (unpaired) electrons. The van der Waals surface area contributed by atoms with E-state index in [4.69, 9.17) is 0 Å². The van der Waals surface area contributed by atoms with Crippen molar-refractivity contribution in [3.8, 4) is 0 Å². The van der Waals surface area contributed by atoms with Crippen LogP contribution < -0.4 is 10.6 Å². The van der Waals surface area contributed by atoms with Gasteiger partial charge in [0.25, 0.3) is 5.91 Å². The summed E-state index contributed by atoms with van der Waals surface area (Å²) < 4.78 is 13.5. The molecule has 1 saturated heterocycles. The number of hydrogen-bond acceptors (Lipinski definition) is 3. The number of amides is 4. The van der Waals surface area contributed by atoms with E-state index >= 15 is 0 Å². The van der Waals surface area contributed by atoms with E-state index in [0.29, 0.717) is 19.3 Å². The van der Waals surface area contributed by atoms with Crippen molar-refractivity contribution in [2.24, 2.45) is 0 Å². The monoisotopic (exact) mass is 292 g/mol. The molecule has 0 aromatic heterocycles. The average molecular weight is 292 g/mol. The fraction of sp³-hybridized carbons (Fsp3) is 0.357. The van der Waals surface area contributed by atoms with Gasteiger partial charge >= 0.3 is 12.4 Å². The first-order chi connectivity index (χ1) is 10.1. The predicted octanol–water partition coefficient (Wildman–Crippen LogP) is 1.40. The number of nitrogens with one attached hydrogen (secondary N) is 2. The Hall–Kier alpha value is -2.44. The van der Waals surface area contributed by atoms with E-state index in [1.807, 2.05) is 0 Å². The molecule has 1 aliphatic heterocycles. The minimum Gasteiger partial charge on any atom is -0.336 e. The maximum Gasteiger partial charge on any atom is 0.328 e. The van der Waals surface area contributed by atoms with E-state index in [0.717, 1.165) is 4.90 Å². The van der Waals surface area contributed by atoms with E-state index in [1.54, 1.807) is 6.07 Å². The highest BCUT2D eigenvalue weighted by Gasteiger charge is 2.31. The van der Waals surface area contributed by atoms with Gasteiger partial charge in [0.1, 0.15) is 11.9 Å². The number of rotatable bonds is 3. The quantitative estimate of drug-likeness (QED) is 0.826. The Balaban J connectivity index is 2.11. The van der Waals surface area contributed by atoms with E-state index in [-0.39, 0.29) is 12.2 Å². The molecule has 2 rings (SSSR count). The van der Waals surface area contributed by atoms with Crippen molar-refractivity contribution in [1.29, 1.82) is 0 Å². The van der Waals surface area contributed by atoms with Crippen molar-refractivity contribution in [3.05, 3.63) is 30.1 Å². The number of likely N-dealkylation sites (tertiary alicyclic amines) is 1. The molecule has 1 aromatic rings. The van der Waals surface area contributed by atoms with Crippen molar-refractivity contribution in [2.75, 3.05) is 11.9 Å². The highest BCUT2D eigenvalue weighted by atomic mass is 19.1. The lowest BCUT2D eigenvalue weighted by molar-refractivity contribution is -0.129. The predicted molar refractivity (Wildman–Crippen MR) is 73.6 cm³/mol. The zero-order valence-corrected chi connectivity index (χ0v) is 11.3. The van der Waals surface area contributed by atoms with Crippen LogP contribution in [0.5, 0.6) is 0 Å². The number of imide groups is 1.